The second-order valence-electron chi connectivity index (χ2n) is 5.97. The standard InChI is InChI=1S/C16H19F2N3O2S/c17-16(18)9-13(19-10-16)14(22)20-12-3-1-2-11(8-12)15(23)21-4-6-24-7-5-21/h1-3,8,13,19H,4-7,9-10H2,(H,20,22). The molecule has 1 atom stereocenters. The lowest BCUT2D eigenvalue weighted by Gasteiger charge is -2.26. The Morgan fingerprint density at radius 1 is 1.29 bits per heavy atom. The fraction of sp³-hybridized carbons (Fsp3) is 0.500. The average molecular weight is 355 g/mol. The van der Waals surface area contributed by atoms with Crippen molar-refractivity contribution in [2.75, 3.05) is 36.5 Å². The van der Waals surface area contributed by atoms with E-state index >= 15 is 0 Å². The topological polar surface area (TPSA) is 61.4 Å². The summed E-state index contributed by atoms with van der Waals surface area (Å²) in [5.74, 6) is -1.59. The van der Waals surface area contributed by atoms with E-state index in [-0.39, 0.29) is 5.91 Å². The molecule has 2 aliphatic heterocycles. The first-order chi connectivity index (χ1) is 11.4. The quantitative estimate of drug-likeness (QED) is 0.868. The first-order valence-corrected chi connectivity index (χ1v) is 8.99. The maximum atomic E-state index is 13.2. The minimum absolute atomic E-state index is 0.0723. The monoisotopic (exact) mass is 355 g/mol. The van der Waals surface area contributed by atoms with Crippen LogP contribution in [0.5, 0.6) is 0 Å². The molecule has 2 fully saturated rings. The van der Waals surface area contributed by atoms with Gasteiger partial charge in [0, 0.05) is 42.3 Å². The van der Waals surface area contributed by atoms with Crippen molar-refractivity contribution < 1.29 is 18.4 Å². The first-order valence-electron chi connectivity index (χ1n) is 7.84. The number of halogens is 2. The number of amides is 2. The molecule has 0 aromatic heterocycles. The summed E-state index contributed by atoms with van der Waals surface area (Å²) in [6.45, 7) is 0.929. The molecule has 3 rings (SSSR count). The maximum absolute atomic E-state index is 13.2. The number of thioether (sulfide) groups is 1. The normalized spacial score (nSPS) is 23.1. The summed E-state index contributed by atoms with van der Waals surface area (Å²) in [7, 11) is 0. The van der Waals surface area contributed by atoms with Crippen LogP contribution in [0.3, 0.4) is 0 Å². The molecule has 0 saturated carbocycles. The lowest BCUT2D eigenvalue weighted by molar-refractivity contribution is -0.118. The van der Waals surface area contributed by atoms with E-state index in [4.69, 9.17) is 0 Å². The third kappa shape index (κ3) is 4.05. The molecule has 1 aromatic rings. The van der Waals surface area contributed by atoms with Crippen molar-refractivity contribution in [1.82, 2.24) is 10.2 Å². The van der Waals surface area contributed by atoms with E-state index in [0.29, 0.717) is 24.3 Å². The Morgan fingerprint density at radius 3 is 2.71 bits per heavy atom. The highest BCUT2D eigenvalue weighted by Crippen LogP contribution is 2.26. The largest absolute Gasteiger partial charge is 0.337 e. The van der Waals surface area contributed by atoms with E-state index in [9.17, 15) is 18.4 Å². The SMILES string of the molecule is O=C(Nc1cccc(C(=O)N2CCSCC2)c1)C1CC(F)(F)CN1. The highest BCUT2D eigenvalue weighted by atomic mass is 32.2. The van der Waals surface area contributed by atoms with Crippen LogP contribution >= 0.6 is 11.8 Å². The fourth-order valence-corrected chi connectivity index (χ4v) is 3.71. The van der Waals surface area contributed by atoms with Gasteiger partial charge in [-0.2, -0.15) is 11.8 Å². The van der Waals surface area contributed by atoms with Gasteiger partial charge >= 0.3 is 0 Å². The number of alkyl halides is 2. The number of nitrogens with one attached hydrogen (secondary N) is 2. The van der Waals surface area contributed by atoms with E-state index < -0.39 is 30.8 Å². The van der Waals surface area contributed by atoms with Crippen LogP contribution in [0.25, 0.3) is 0 Å². The molecule has 2 amide bonds. The molecule has 1 aromatic carbocycles. The number of rotatable bonds is 3. The molecule has 24 heavy (non-hydrogen) atoms. The molecule has 0 spiro atoms. The molecule has 8 heteroatoms. The number of carbonyl (C=O) groups is 2. The number of anilines is 1. The summed E-state index contributed by atoms with van der Waals surface area (Å²) in [4.78, 5) is 26.3. The van der Waals surface area contributed by atoms with Gasteiger partial charge in [0.1, 0.15) is 0 Å². The predicted molar refractivity (Wildman–Crippen MR) is 89.7 cm³/mol. The van der Waals surface area contributed by atoms with Crippen molar-refractivity contribution in [3.63, 3.8) is 0 Å². The zero-order valence-electron chi connectivity index (χ0n) is 13.1. The van der Waals surface area contributed by atoms with Gasteiger partial charge in [-0.05, 0) is 18.2 Å². The Kier molecular flexibility index (Phi) is 5.05. The van der Waals surface area contributed by atoms with Gasteiger partial charge in [-0.15, -0.1) is 0 Å². The Morgan fingerprint density at radius 2 is 2.04 bits per heavy atom. The fourth-order valence-electron chi connectivity index (χ4n) is 2.81. The smallest absolute Gasteiger partial charge is 0.262 e. The Bertz CT molecular complexity index is 636. The second kappa shape index (κ2) is 7.06. The molecular weight excluding hydrogens is 336 g/mol. The van der Waals surface area contributed by atoms with Gasteiger partial charge in [-0.25, -0.2) is 8.78 Å². The van der Waals surface area contributed by atoms with Crippen LogP contribution in [0.4, 0.5) is 14.5 Å². The summed E-state index contributed by atoms with van der Waals surface area (Å²) in [5.41, 5.74) is 0.929. The molecule has 2 aliphatic rings. The van der Waals surface area contributed by atoms with Crippen LogP contribution < -0.4 is 10.6 Å². The summed E-state index contributed by atoms with van der Waals surface area (Å²) >= 11 is 1.82. The molecule has 1 unspecified atom stereocenters. The highest BCUT2D eigenvalue weighted by Gasteiger charge is 2.42. The zero-order chi connectivity index (χ0) is 17.2. The molecular formula is C16H19F2N3O2S. The Balaban J connectivity index is 1.64. The lowest BCUT2D eigenvalue weighted by Crippen LogP contribution is -2.38. The van der Waals surface area contributed by atoms with E-state index in [0.717, 1.165) is 11.5 Å². The van der Waals surface area contributed by atoms with Crippen LogP contribution in [0.15, 0.2) is 24.3 Å². The van der Waals surface area contributed by atoms with Crippen molar-refractivity contribution in [1.29, 1.82) is 0 Å². The number of nitrogens with zero attached hydrogens (tertiary/aromatic N) is 1. The van der Waals surface area contributed by atoms with Crippen LogP contribution in [0.1, 0.15) is 16.8 Å². The average Bonchev–Trinajstić information content (AvgIpc) is 2.95. The molecule has 2 saturated heterocycles. The summed E-state index contributed by atoms with van der Waals surface area (Å²) in [6.07, 6.45) is -0.511. The zero-order valence-corrected chi connectivity index (χ0v) is 13.9. The summed E-state index contributed by atoms with van der Waals surface area (Å²) < 4.78 is 26.4. The van der Waals surface area contributed by atoms with Crippen molar-refractivity contribution in [3.05, 3.63) is 29.8 Å². The van der Waals surface area contributed by atoms with Crippen molar-refractivity contribution >= 4 is 29.3 Å². The van der Waals surface area contributed by atoms with Gasteiger partial charge < -0.3 is 10.2 Å². The summed E-state index contributed by atoms with van der Waals surface area (Å²) in [6, 6.07) is 5.70. The van der Waals surface area contributed by atoms with Gasteiger partial charge in [0.25, 0.3) is 11.8 Å². The number of carbonyl (C=O) groups excluding carboxylic acids is 2. The highest BCUT2D eigenvalue weighted by molar-refractivity contribution is 7.99. The molecule has 0 bridgehead atoms. The first kappa shape index (κ1) is 17.2. The molecule has 2 heterocycles. The van der Waals surface area contributed by atoms with Crippen LogP contribution in [-0.4, -0.2) is 59.8 Å². The minimum atomic E-state index is -2.86. The number of hydrogen-bond donors (Lipinski definition) is 2. The van der Waals surface area contributed by atoms with Crippen LogP contribution in [-0.2, 0) is 4.79 Å². The van der Waals surface area contributed by atoms with Crippen LogP contribution in [0.2, 0.25) is 0 Å². The Labute approximate surface area is 143 Å². The molecule has 0 aliphatic carbocycles. The number of benzene rings is 1. The van der Waals surface area contributed by atoms with Gasteiger partial charge in [0.2, 0.25) is 5.91 Å². The molecule has 130 valence electrons. The number of hydrogen-bond acceptors (Lipinski definition) is 4. The third-order valence-electron chi connectivity index (χ3n) is 4.10. The van der Waals surface area contributed by atoms with Crippen molar-refractivity contribution in [3.8, 4) is 0 Å². The van der Waals surface area contributed by atoms with Gasteiger partial charge in [0.05, 0.1) is 12.6 Å². The summed E-state index contributed by atoms with van der Waals surface area (Å²) in [5, 5.41) is 5.13. The predicted octanol–water partition coefficient (Wildman–Crippen LogP) is 1.81. The lowest BCUT2D eigenvalue weighted by atomic mass is 10.1. The third-order valence-corrected chi connectivity index (χ3v) is 5.04. The van der Waals surface area contributed by atoms with E-state index in [1.165, 1.54) is 0 Å². The van der Waals surface area contributed by atoms with Gasteiger partial charge in [0.15, 0.2) is 0 Å². The minimum Gasteiger partial charge on any atom is -0.337 e. The van der Waals surface area contributed by atoms with Gasteiger partial charge in [-0.1, -0.05) is 6.07 Å². The molecule has 2 N–H and O–H groups in total. The maximum Gasteiger partial charge on any atom is 0.262 e. The second-order valence-corrected chi connectivity index (χ2v) is 7.19. The van der Waals surface area contributed by atoms with Gasteiger partial charge in [-0.3, -0.25) is 14.9 Å². The molecule has 5 nitrogen and oxygen atoms in total. The van der Waals surface area contributed by atoms with Crippen molar-refractivity contribution in [2.24, 2.45) is 0 Å². The Hall–Kier alpha value is -1.67. The molecule has 0 radical (unpaired) electrons. The van der Waals surface area contributed by atoms with E-state index in [1.807, 2.05) is 11.8 Å². The van der Waals surface area contributed by atoms with E-state index in [1.54, 1.807) is 29.2 Å². The van der Waals surface area contributed by atoms with E-state index in [2.05, 4.69) is 10.6 Å². The van der Waals surface area contributed by atoms with Crippen molar-refractivity contribution in [2.45, 2.75) is 18.4 Å². The van der Waals surface area contributed by atoms with Crippen LogP contribution in [0, 0.1) is 0 Å².